The molecule has 0 bridgehead atoms. The summed E-state index contributed by atoms with van der Waals surface area (Å²) < 4.78 is 8.39. The summed E-state index contributed by atoms with van der Waals surface area (Å²) >= 11 is 3.43. The molecule has 2 heterocycles. The fourth-order valence-electron chi connectivity index (χ4n) is 1.99. The van der Waals surface area contributed by atoms with Crippen LogP contribution in [0.2, 0.25) is 0 Å². The van der Waals surface area contributed by atoms with E-state index in [0.29, 0.717) is 23.2 Å². The molecular weight excluding hydrogens is 332 g/mol. The molecule has 21 heavy (non-hydrogen) atoms. The Labute approximate surface area is 130 Å². The van der Waals surface area contributed by atoms with Crippen LogP contribution in [0.5, 0.6) is 11.6 Å². The van der Waals surface area contributed by atoms with Gasteiger partial charge in [0.25, 0.3) is 0 Å². The maximum atomic E-state index is 5.90. The summed E-state index contributed by atoms with van der Waals surface area (Å²) in [6.07, 6.45) is 3.47. The van der Waals surface area contributed by atoms with Gasteiger partial charge in [-0.1, -0.05) is 19.9 Å². The van der Waals surface area contributed by atoms with Crippen molar-refractivity contribution >= 4 is 27.1 Å². The van der Waals surface area contributed by atoms with Gasteiger partial charge in [-0.2, -0.15) is 5.10 Å². The summed E-state index contributed by atoms with van der Waals surface area (Å²) in [5.74, 6) is 1.47. The van der Waals surface area contributed by atoms with Crippen molar-refractivity contribution < 1.29 is 4.74 Å². The predicted octanol–water partition coefficient (Wildman–Crippen LogP) is 3.99. The fourth-order valence-corrected chi connectivity index (χ4v) is 2.33. The Balaban J connectivity index is 2.06. The molecule has 108 valence electrons. The first-order chi connectivity index (χ1) is 10.1. The highest BCUT2D eigenvalue weighted by atomic mass is 79.9. The van der Waals surface area contributed by atoms with E-state index in [0.717, 1.165) is 15.7 Å². The monoisotopic (exact) mass is 346 g/mol. The van der Waals surface area contributed by atoms with Crippen molar-refractivity contribution in [3.8, 4) is 11.6 Å². The average molecular weight is 347 g/mol. The molecule has 0 saturated heterocycles. The summed E-state index contributed by atoms with van der Waals surface area (Å²) in [6, 6.07) is 7.48. The number of anilines is 1. The van der Waals surface area contributed by atoms with Crippen molar-refractivity contribution in [2.45, 2.75) is 19.8 Å². The van der Waals surface area contributed by atoms with Crippen LogP contribution in [-0.2, 0) is 0 Å². The lowest BCUT2D eigenvalue weighted by Crippen LogP contribution is -1.96. The molecule has 6 heteroatoms. The van der Waals surface area contributed by atoms with Crippen LogP contribution >= 0.6 is 15.9 Å². The zero-order valence-corrected chi connectivity index (χ0v) is 13.3. The lowest BCUT2D eigenvalue weighted by molar-refractivity contribution is 0.463. The van der Waals surface area contributed by atoms with Gasteiger partial charge in [-0.15, -0.1) is 0 Å². The Hall–Kier alpha value is -2.08. The highest BCUT2D eigenvalue weighted by Gasteiger charge is 2.13. The van der Waals surface area contributed by atoms with Gasteiger partial charge in [-0.3, -0.25) is 0 Å². The Morgan fingerprint density at radius 3 is 2.90 bits per heavy atom. The fraction of sp³-hybridized carbons (Fsp3) is 0.200. The number of ether oxygens (including phenoxy) is 1. The average Bonchev–Trinajstić information content (AvgIpc) is 2.89. The van der Waals surface area contributed by atoms with Gasteiger partial charge in [-0.05, 0) is 40.0 Å². The summed E-state index contributed by atoms with van der Waals surface area (Å²) in [5, 5.41) is 4.51. The first kappa shape index (κ1) is 13.9. The Bertz CT molecular complexity index is 797. The van der Waals surface area contributed by atoms with E-state index in [-0.39, 0.29) is 0 Å². The van der Waals surface area contributed by atoms with Gasteiger partial charge >= 0.3 is 0 Å². The number of nitrogens with two attached hydrogens (primary N) is 1. The normalized spacial score (nSPS) is 11.2. The molecule has 1 aromatic carbocycles. The van der Waals surface area contributed by atoms with Crippen LogP contribution in [0.1, 0.15) is 25.5 Å². The Morgan fingerprint density at radius 1 is 1.33 bits per heavy atom. The molecule has 0 aliphatic carbocycles. The van der Waals surface area contributed by atoms with Crippen LogP contribution in [0.4, 0.5) is 5.69 Å². The zero-order chi connectivity index (χ0) is 15.0. The smallest absolute Gasteiger partial charge is 0.245 e. The van der Waals surface area contributed by atoms with E-state index >= 15 is 0 Å². The number of halogens is 1. The van der Waals surface area contributed by atoms with E-state index in [4.69, 9.17) is 10.5 Å². The Morgan fingerprint density at radius 2 is 2.14 bits per heavy atom. The van der Waals surface area contributed by atoms with Crippen LogP contribution in [0, 0.1) is 0 Å². The minimum absolute atomic E-state index is 0.344. The molecule has 5 nitrogen and oxygen atoms in total. The molecule has 3 aromatic rings. The minimum Gasteiger partial charge on any atom is -0.436 e. The number of benzene rings is 1. The number of fused-ring (bicyclic) bond motifs is 1. The first-order valence-corrected chi connectivity index (χ1v) is 7.41. The van der Waals surface area contributed by atoms with Gasteiger partial charge in [0.2, 0.25) is 5.88 Å². The topological polar surface area (TPSA) is 65.4 Å². The van der Waals surface area contributed by atoms with Crippen LogP contribution in [0.15, 0.2) is 41.1 Å². The summed E-state index contributed by atoms with van der Waals surface area (Å²) in [5.41, 5.74) is 8.32. The molecule has 2 aromatic heterocycles. The molecule has 0 aliphatic rings. The lowest BCUT2D eigenvalue weighted by Gasteiger charge is -2.08. The molecule has 3 rings (SSSR count). The summed E-state index contributed by atoms with van der Waals surface area (Å²) in [7, 11) is 0. The van der Waals surface area contributed by atoms with E-state index in [1.54, 1.807) is 16.8 Å². The van der Waals surface area contributed by atoms with E-state index in [9.17, 15) is 0 Å². The van der Waals surface area contributed by atoms with Gasteiger partial charge < -0.3 is 10.5 Å². The van der Waals surface area contributed by atoms with Crippen LogP contribution in [-0.4, -0.2) is 14.6 Å². The van der Waals surface area contributed by atoms with Gasteiger partial charge in [-0.25, -0.2) is 9.50 Å². The number of nitrogens with zero attached hydrogens (tertiary/aromatic N) is 3. The third kappa shape index (κ3) is 2.58. The molecule has 2 N–H and O–H groups in total. The van der Waals surface area contributed by atoms with E-state index in [1.165, 1.54) is 0 Å². The van der Waals surface area contributed by atoms with Gasteiger partial charge in [0.05, 0.1) is 10.2 Å². The standard InChI is InChI=1S/C15H15BrN4O/c1-9(2)11-8-12-15(18-6-7-20(12)19-11)21-13-5-3-4-10(17)14(13)16/h3-9H,17H2,1-2H3. The minimum atomic E-state index is 0.344. The second-order valence-electron chi connectivity index (χ2n) is 5.05. The van der Waals surface area contributed by atoms with Crippen molar-refractivity contribution in [2.75, 3.05) is 5.73 Å². The third-order valence-corrected chi connectivity index (χ3v) is 4.01. The third-order valence-electron chi connectivity index (χ3n) is 3.16. The highest BCUT2D eigenvalue weighted by Crippen LogP contribution is 2.34. The molecule has 0 unspecified atom stereocenters. The number of nitrogen functional groups attached to an aromatic ring is 1. The second kappa shape index (κ2) is 5.37. The molecule has 0 fully saturated rings. The quantitative estimate of drug-likeness (QED) is 0.728. The molecule has 0 radical (unpaired) electrons. The molecule has 0 aliphatic heterocycles. The number of hydrogen-bond donors (Lipinski definition) is 1. The molecule has 0 amide bonds. The van der Waals surface area contributed by atoms with Crippen molar-refractivity contribution in [3.63, 3.8) is 0 Å². The lowest BCUT2D eigenvalue weighted by atomic mass is 10.1. The number of aromatic nitrogens is 3. The van der Waals surface area contributed by atoms with E-state index in [2.05, 4.69) is 39.9 Å². The van der Waals surface area contributed by atoms with Gasteiger partial charge in [0.15, 0.2) is 0 Å². The highest BCUT2D eigenvalue weighted by molar-refractivity contribution is 9.10. The number of hydrogen-bond acceptors (Lipinski definition) is 4. The second-order valence-corrected chi connectivity index (χ2v) is 5.84. The van der Waals surface area contributed by atoms with Crippen LogP contribution in [0.25, 0.3) is 5.52 Å². The number of rotatable bonds is 3. The van der Waals surface area contributed by atoms with Crippen molar-refractivity contribution in [3.05, 3.63) is 46.8 Å². The van der Waals surface area contributed by atoms with E-state index in [1.807, 2.05) is 24.4 Å². The SMILES string of the molecule is CC(C)c1cc2c(Oc3cccc(N)c3Br)nccn2n1. The zero-order valence-electron chi connectivity index (χ0n) is 11.7. The predicted molar refractivity (Wildman–Crippen MR) is 85.7 cm³/mol. The molecule has 0 spiro atoms. The van der Waals surface area contributed by atoms with Gasteiger partial charge in [0.1, 0.15) is 11.3 Å². The van der Waals surface area contributed by atoms with Crippen molar-refractivity contribution in [1.29, 1.82) is 0 Å². The van der Waals surface area contributed by atoms with Crippen molar-refractivity contribution in [1.82, 2.24) is 14.6 Å². The van der Waals surface area contributed by atoms with Crippen molar-refractivity contribution in [2.24, 2.45) is 0 Å². The molecule has 0 saturated carbocycles. The summed E-state index contributed by atoms with van der Waals surface area (Å²) in [4.78, 5) is 4.30. The molecule has 0 atom stereocenters. The van der Waals surface area contributed by atoms with Crippen LogP contribution < -0.4 is 10.5 Å². The summed E-state index contributed by atoms with van der Waals surface area (Å²) in [6.45, 7) is 4.20. The Kier molecular flexibility index (Phi) is 3.55. The maximum absolute atomic E-state index is 5.90. The first-order valence-electron chi connectivity index (χ1n) is 6.62. The molecular formula is C15H15BrN4O. The largest absolute Gasteiger partial charge is 0.436 e. The van der Waals surface area contributed by atoms with Crippen LogP contribution in [0.3, 0.4) is 0 Å². The maximum Gasteiger partial charge on any atom is 0.245 e. The van der Waals surface area contributed by atoms with E-state index < -0.39 is 0 Å². The van der Waals surface area contributed by atoms with Gasteiger partial charge in [0, 0.05) is 18.1 Å².